The third kappa shape index (κ3) is 13.2. The molecule has 0 fully saturated rings. The standard InChI is InChI=1S/C64H40N10.C44H28N6/c1-3-15-41(16-4-1)59-67-61(71-63(69-59)53-21-11-13-37-65-53)43-25-31-47(32-26-43)73-55-23-9-7-19-49(55)51-39-45(29-35-57(51)73)46-30-36-58-52(40-46)50-20-8-10-24-56(50)74(58)48-33-27-44(28-34-48)62-68-60(42-17-5-2-6-18-42)70-64(72-62)54-22-12-14-38-66-54;1-2-10-28(11-3-1)42-47-43(49-44(48-42)39-15-8-9-25-45-39)29-17-21-32(22-18-29)50-40-16-7-5-13-34(40)36-27-31(20-24-41(36)50)30-19-23-38-35(26-30)33-12-4-6-14-37(33)46-38/h1-40H;1-27,46H. The molecule has 0 saturated carbocycles. The van der Waals surface area contributed by atoms with Crippen LogP contribution in [0.4, 0.5) is 0 Å². The van der Waals surface area contributed by atoms with Crippen LogP contribution in [0, 0.1) is 0 Å². The van der Waals surface area contributed by atoms with Crippen LogP contribution >= 0.6 is 0 Å². The average Bonchev–Trinajstić information content (AvgIpc) is 1.59. The molecule has 16 nitrogen and oxygen atoms in total. The van der Waals surface area contributed by atoms with Crippen molar-refractivity contribution >= 4 is 87.2 Å². The maximum absolute atomic E-state index is 4.95. The number of para-hydroxylation sites is 4. The molecule has 0 spiro atoms. The fourth-order valence-electron chi connectivity index (χ4n) is 17.1. The highest BCUT2D eigenvalue weighted by molar-refractivity contribution is 6.14. The number of hydrogen-bond donors (Lipinski definition) is 1. The molecule has 24 rings (SSSR count). The Bertz CT molecular complexity index is 7730. The van der Waals surface area contributed by atoms with Gasteiger partial charge in [-0.15, -0.1) is 0 Å². The number of hydrogen-bond acceptors (Lipinski definition) is 12. The Balaban J connectivity index is 0.000000154. The first-order valence-corrected chi connectivity index (χ1v) is 41.1. The van der Waals surface area contributed by atoms with E-state index in [0.717, 1.165) is 106 Å². The smallest absolute Gasteiger partial charge is 0.182 e. The van der Waals surface area contributed by atoms with Crippen LogP contribution in [0.15, 0.2) is 407 Å². The summed E-state index contributed by atoms with van der Waals surface area (Å²) < 4.78 is 7.01. The predicted octanol–water partition coefficient (Wildman–Crippen LogP) is 25.4. The van der Waals surface area contributed by atoms with E-state index in [1.807, 2.05) is 146 Å². The van der Waals surface area contributed by atoms with Crippen molar-refractivity contribution in [2.45, 2.75) is 0 Å². The van der Waals surface area contributed by atoms with Crippen molar-refractivity contribution in [3.8, 4) is 142 Å². The zero-order chi connectivity index (χ0) is 82.0. The van der Waals surface area contributed by atoms with Crippen LogP contribution in [0.2, 0.25) is 0 Å². The van der Waals surface area contributed by atoms with Gasteiger partial charge >= 0.3 is 0 Å². The number of nitrogens with zero attached hydrogens (tertiary/aromatic N) is 15. The number of pyridine rings is 3. The van der Waals surface area contributed by atoms with Crippen LogP contribution < -0.4 is 0 Å². The van der Waals surface area contributed by atoms with E-state index in [-0.39, 0.29) is 0 Å². The number of nitrogens with one attached hydrogen (secondary N) is 1. The van der Waals surface area contributed by atoms with Crippen LogP contribution in [-0.4, -0.2) is 78.5 Å². The molecule has 0 aliphatic rings. The van der Waals surface area contributed by atoms with E-state index in [0.29, 0.717) is 69.5 Å². The van der Waals surface area contributed by atoms with E-state index in [4.69, 9.17) is 44.9 Å². The molecule has 0 aliphatic carbocycles. The average molecular weight is 1590 g/mol. The van der Waals surface area contributed by atoms with E-state index in [1.54, 1.807) is 18.6 Å². The molecule has 24 aromatic rings. The van der Waals surface area contributed by atoms with Crippen molar-refractivity contribution in [3.05, 3.63) is 407 Å². The van der Waals surface area contributed by atoms with E-state index >= 15 is 0 Å². The van der Waals surface area contributed by atoms with Crippen molar-refractivity contribution in [1.29, 1.82) is 0 Å². The molecule has 0 saturated heterocycles. The molecule has 10 heterocycles. The Morgan fingerprint density at radius 1 is 0.161 bits per heavy atom. The number of aromatic amines is 1. The first kappa shape index (κ1) is 72.0. The van der Waals surface area contributed by atoms with Crippen LogP contribution in [0.3, 0.4) is 0 Å². The summed E-state index contributed by atoms with van der Waals surface area (Å²) in [6.45, 7) is 0. The zero-order valence-electron chi connectivity index (χ0n) is 66.4. The van der Waals surface area contributed by atoms with Gasteiger partial charge in [-0.2, -0.15) is 0 Å². The van der Waals surface area contributed by atoms with Gasteiger partial charge in [0.05, 0.1) is 33.1 Å². The summed E-state index contributed by atoms with van der Waals surface area (Å²) >= 11 is 0. The van der Waals surface area contributed by atoms with E-state index in [1.165, 1.54) is 54.2 Å². The second kappa shape index (κ2) is 30.6. The zero-order valence-corrected chi connectivity index (χ0v) is 66.4. The Morgan fingerprint density at radius 2 is 0.403 bits per heavy atom. The summed E-state index contributed by atoms with van der Waals surface area (Å²) in [6, 6.07) is 134. The summed E-state index contributed by atoms with van der Waals surface area (Å²) in [7, 11) is 0. The van der Waals surface area contributed by atoms with Crippen molar-refractivity contribution in [1.82, 2.24) is 78.5 Å². The Labute approximate surface area is 710 Å². The lowest BCUT2D eigenvalue weighted by molar-refractivity contribution is 1.06. The van der Waals surface area contributed by atoms with Crippen molar-refractivity contribution in [2.75, 3.05) is 0 Å². The van der Waals surface area contributed by atoms with Gasteiger partial charge in [-0.1, -0.05) is 206 Å². The molecular formula is C108H68N16. The van der Waals surface area contributed by atoms with Gasteiger partial charge in [-0.05, 0) is 204 Å². The van der Waals surface area contributed by atoms with Gasteiger partial charge in [0.1, 0.15) is 17.1 Å². The summed E-state index contributed by atoms with van der Waals surface area (Å²) in [6.07, 6.45) is 5.27. The Kier molecular flexibility index (Phi) is 17.8. The highest BCUT2D eigenvalue weighted by atomic mass is 15.1. The second-order valence-electron chi connectivity index (χ2n) is 30.5. The number of H-pyrrole nitrogens is 1. The van der Waals surface area contributed by atoms with Gasteiger partial charge in [0, 0.05) is 123 Å². The first-order valence-electron chi connectivity index (χ1n) is 41.1. The van der Waals surface area contributed by atoms with Crippen LogP contribution in [0.1, 0.15) is 0 Å². The molecule has 0 bridgehead atoms. The fourth-order valence-corrected chi connectivity index (χ4v) is 17.1. The molecular weight excluding hydrogens is 1520 g/mol. The van der Waals surface area contributed by atoms with E-state index in [9.17, 15) is 0 Å². The lowest BCUT2D eigenvalue weighted by atomic mass is 10.0. The predicted molar refractivity (Wildman–Crippen MR) is 499 cm³/mol. The van der Waals surface area contributed by atoms with Gasteiger partial charge in [-0.25, -0.2) is 44.9 Å². The molecule has 0 aliphatic heterocycles. The Morgan fingerprint density at radius 3 is 0.726 bits per heavy atom. The number of benzene rings is 14. The van der Waals surface area contributed by atoms with Crippen molar-refractivity contribution in [3.63, 3.8) is 0 Å². The maximum atomic E-state index is 4.95. The van der Waals surface area contributed by atoms with E-state index < -0.39 is 0 Å². The SMILES string of the molecule is c1ccc(-c2nc(-c3ccc(-n4c5ccccc5c5cc(-c6ccc7[nH]c8ccccc8c7c6)ccc54)cc3)nc(-c3ccccn3)n2)cc1.c1ccc(-c2nc(-c3ccc(-n4c5ccccc5c5cc(-c6ccc7c(c6)c6ccccc6n7-c6ccc(-c7nc(-c8ccccc8)nc(-c8ccccn8)n7)cc6)ccc54)cc3)nc(-c3ccccn3)n2)cc1. The topological polar surface area (TPSA) is 185 Å². The number of rotatable bonds is 14. The minimum atomic E-state index is 0.527. The highest BCUT2D eigenvalue weighted by Crippen LogP contribution is 2.42. The number of fused-ring (bicyclic) bond motifs is 12. The lowest BCUT2D eigenvalue weighted by Crippen LogP contribution is -2.01. The molecule has 580 valence electrons. The molecule has 0 atom stereocenters. The minimum absolute atomic E-state index is 0.527. The summed E-state index contributed by atoms with van der Waals surface area (Å²) in [5.74, 6) is 5.18. The lowest BCUT2D eigenvalue weighted by Gasteiger charge is -2.11. The molecule has 0 unspecified atom stereocenters. The minimum Gasteiger partial charge on any atom is -0.355 e. The summed E-state index contributed by atoms with van der Waals surface area (Å²) in [5.41, 5.74) is 24.4. The Hall–Kier alpha value is -17.2. The van der Waals surface area contributed by atoms with E-state index in [2.05, 4.69) is 276 Å². The van der Waals surface area contributed by atoms with Gasteiger partial charge < -0.3 is 18.7 Å². The van der Waals surface area contributed by atoms with Crippen molar-refractivity contribution in [2.24, 2.45) is 0 Å². The summed E-state index contributed by atoms with van der Waals surface area (Å²) in [5, 5.41) is 9.63. The first-order chi connectivity index (χ1) is 61.4. The van der Waals surface area contributed by atoms with Gasteiger partial charge in [0.25, 0.3) is 0 Å². The van der Waals surface area contributed by atoms with Crippen LogP contribution in [0.25, 0.3) is 229 Å². The maximum Gasteiger partial charge on any atom is 0.182 e. The van der Waals surface area contributed by atoms with Gasteiger partial charge in [-0.3, -0.25) is 15.0 Å². The fraction of sp³-hybridized carbons (Fsp3) is 0. The molecule has 14 aromatic carbocycles. The molecule has 0 radical (unpaired) electrons. The second-order valence-corrected chi connectivity index (χ2v) is 30.5. The highest BCUT2D eigenvalue weighted by Gasteiger charge is 2.23. The van der Waals surface area contributed by atoms with Gasteiger partial charge in [0.2, 0.25) is 0 Å². The molecule has 124 heavy (non-hydrogen) atoms. The van der Waals surface area contributed by atoms with Crippen LogP contribution in [-0.2, 0) is 0 Å². The van der Waals surface area contributed by atoms with Crippen molar-refractivity contribution < 1.29 is 0 Å². The van der Waals surface area contributed by atoms with Crippen LogP contribution in [0.5, 0.6) is 0 Å². The third-order valence-electron chi connectivity index (χ3n) is 23.0. The molecule has 10 aromatic heterocycles. The molecule has 1 N–H and O–H groups in total. The molecule has 0 amide bonds. The molecule has 16 heteroatoms. The monoisotopic (exact) mass is 1590 g/mol. The largest absolute Gasteiger partial charge is 0.355 e. The van der Waals surface area contributed by atoms with Gasteiger partial charge in [0.15, 0.2) is 52.4 Å². The summed E-state index contributed by atoms with van der Waals surface area (Å²) in [4.78, 5) is 61.1. The number of aromatic nitrogens is 16. The third-order valence-corrected chi connectivity index (χ3v) is 23.0. The quantitative estimate of drug-likeness (QED) is 0.109. The normalized spacial score (nSPS) is 11.5.